The minimum absolute atomic E-state index is 0.459. The van der Waals surface area contributed by atoms with E-state index in [4.69, 9.17) is 13.3 Å². The average Bonchev–Trinajstić information content (AvgIpc) is 2.27. The highest BCUT2D eigenvalue weighted by Crippen LogP contribution is 2.44. The van der Waals surface area contributed by atoms with Crippen LogP contribution in [0.3, 0.4) is 0 Å². The zero-order valence-corrected chi connectivity index (χ0v) is 11.6. The van der Waals surface area contributed by atoms with Gasteiger partial charge in [0.05, 0.1) is 0 Å². The van der Waals surface area contributed by atoms with Crippen LogP contribution in [0.1, 0.15) is 33.1 Å². The lowest BCUT2D eigenvalue weighted by atomic mass is 9.81. The lowest BCUT2D eigenvalue weighted by Gasteiger charge is -2.41. The molecule has 0 spiro atoms. The summed E-state index contributed by atoms with van der Waals surface area (Å²) in [5, 5.41) is 0. The zero-order chi connectivity index (χ0) is 11.5. The summed E-state index contributed by atoms with van der Waals surface area (Å²) in [6.45, 7) is 4.62. The Kier molecular flexibility index (Phi) is 4.77. The van der Waals surface area contributed by atoms with Gasteiger partial charge in [0, 0.05) is 26.9 Å². The van der Waals surface area contributed by atoms with Gasteiger partial charge in [0.1, 0.15) is 0 Å². The molecule has 0 saturated heterocycles. The van der Waals surface area contributed by atoms with Crippen molar-refractivity contribution in [2.24, 2.45) is 11.8 Å². The number of rotatable bonds is 4. The zero-order valence-electron chi connectivity index (χ0n) is 10.6. The van der Waals surface area contributed by atoms with Crippen molar-refractivity contribution >= 4 is 8.80 Å². The van der Waals surface area contributed by atoms with E-state index >= 15 is 0 Å². The van der Waals surface area contributed by atoms with Gasteiger partial charge < -0.3 is 13.3 Å². The van der Waals surface area contributed by atoms with Crippen molar-refractivity contribution in [3.05, 3.63) is 0 Å². The van der Waals surface area contributed by atoms with Crippen molar-refractivity contribution < 1.29 is 13.3 Å². The summed E-state index contributed by atoms with van der Waals surface area (Å²) >= 11 is 0. The summed E-state index contributed by atoms with van der Waals surface area (Å²) in [5.74, 6) is 1.38. The molecule has 3 unspecified atom stereocenters. The van der Waals surface area contributed by atoms with E-state index in [-0.39, 0.29) is 0 Å². The smallest absolute Gasteiger partial charge is 0.377 e. The van der Waals surface area contributed by atoms with Crippen LogP contribution in [0.4, 0.5) is 0 Å². The molecule has 15 heavy (non-hydrogen) atoms. The van der Waals surface area contributed by atoms with Gasteiger partial charge >= 0.3 is 8.80 Å². The minimum Gasteiger partial charge on any atom is -0.377 e. The SMILES string of the molecule is CO[Si](OC)(OC)C1CCCC(C)C1C. The Morgan fingerprint density at radius 1 is 0.933 bits per heavy atom. The lowest BCUT2D eigenvalue weighted by molar-refractivity contribution is 0.0854. The second kappa shape index (κ2) is 5.43. The summed E-state index contributed by atoms with van der Waals surface area (Å²) < 4.78 is 16.8. The summed E-state index contributed by atoms with van der Waals surface area (Å²) in [6.07, 6.45) is 3.76. The van der Waals surface area contributed by atoms with E-state index in [1.165, 1.54) is 19.3 Å². The highest BCUT2D eigenvalue weighted by molar-refractivity contribution is 6.62. The van der Waals surface area contributed by atoms with Gasteiger partial charge in [-0.3, -0.25) is 0 Å². The Morgan fingerprint density at radius 2 is 1.47 bits per heavy atom. The summed E-state index contributed by atoms with van der Waals surface area (Å²) in [4.78, 5) is 0. The predicted molar refractivity (Wildman–Crippen MR) is 62.7 cm³/mol. The molecule has 1 aliphatic carbocycles. The highest BCUT2D eigenvalue weighted by atomic mass is 28.4. The van der Waals surface area contributed by atoms with E-state index in [0.29, 0.717) is 11.5 Å². The van der Waals surface area contributed by atoms with Crippen LogP contribution in [0, 0.1) is 11.8 Å². The molecule has 0 aromatic carbocycles. The Balaban J connectivity index is 2.82. The third-order valence-corrected chi connectivity index (χ3v) is 7.44. The van der Waals surface area contributed by atoms with Gasteiger partial charge in [0.25, 0.3) is 0 Å². The fourth-order valence-corrected chi connectivity index (χ4v) is 5.72. The molecule has 0 aliphatic heterocycles. The third-order valence-electron chi connectivity index (χ3n) is 4.01. The largest absolute Gasteiger partial charge is 0.503 e. The first-order chi connectivity index (χ1) is 7.11. The van der Waals surface area contributed by atoms with Gasteiger partial charge in [-0.05, 0) is 18.3 Å². The van der Waals surface area contributed by atoms with Gasteiger partial charge in [-0.15, -0.1) is 0 Å². The number of hydrogen-bond acceptors (Lipinski definition) is 3. The molecule has 3 nitrogen and oxygen atoms in total. The summed E-state index contributed by atoms with van der Waals surface area (Å²) in [7, 11) is 2.72. The summed E-state index contributed by atoms with van der Waals surface area (Å²) in [6, 6.07) is 0. The Bertz CT molecular complexity index is 186. The fraction of sp³-hybridized carbons (Fsp3) is 1.00. The van der Waals surface area contributed by atoms with Crippen LogP contribution in [-0.2, 0) is 13.3 Å². The first-order valence-corrected chi connectivity index (χ1v) is 7.57. The summed E-state index contributed by atoms with van der Waals surface area (Å²) in [5.41, 5.74) is 0.459. The van der Waals surface area contributed by atoms with Crippen LogP contribution in [-0.4, -0.2) is 30.1 Å². The van der Waals surface area contributed by atoms with Gasteiger partial charge in [-0.2, -0.15) is 0 Å². The second-order valence-corrected chi connectivity index (χ2v) is 7.76. The van der Waals surface area contributed by atoms with Gasteiger partial charge in [0.2, 0.25) is 0 Å². The Hall–Kier alpha value is 0.0969. The maximum atomic E-state index is 5.59. The number of hydrogen-bond donors (Lipinski definition) is 0. The predicted octanol–water partition coefficient (Wildman–Crippen LogP) is 2.69. The molecule has 1 rings (SSSR count). The molecular weight excluding hydrogens is 208 g/mol. The van der Waals surface area contributed by atoms with Crippen LogP contribution < -0.4 is 0 Å². The Morgan fingerprint density at radius 3 is 1.93 bits per heavy atom. The molecular formula is C11H24O3Si. The molecule has 0 aromatic heterocycles. The molecule has 1 aliphatic rings. The molecule has 0 N–H and O–H groups in total. The molecule has 0 heterocycles. The van der Waals surface area contributed by atoms with Crippen molar-refractivity contribution in [1.82, 2.24) is 0 Å². The van der Waals surface area contributed by atoms with E-state index in [1.54, 1.807) is 21.3 Å². The lowest BCUT2D eigenvalue weighted by Crippen LogP contribution is -2.51. The molecule has 1 saturated carbocycles. The molecule has 1 fully saturated rings. The fourth-order valence-electron chi connectivity index (χ4n) is 2.78. The Labute approximate surface area is 94.5 Å². The average molecular weight is 232 g/mol. The minimum atomic E-state index is -2.42. The molecule has 3 atom stereocenters. The first kappa shape index (κ1) is 13.2. The van der Waals surface area contributed by atoms with Crippen LogP contribution in [0.2, 0.25) is 5.54 Å². The third kappa shape index (κ3) is 2.44. The molecule has 0 amide bonds. The van der Waals surface area contributed by atoms with Gasteiger partial charge in [-0.25, -0.2) is 0 Å². The van der Waals surface area contributed by atoms with Crippen LogP contribution in [0.25, 0.3) is 0 Å². The normalized spacial score (nSPS) is 33.0. The van der Waals surface area contributed by atoms with E-state index in [1.807, 2.05) is 0 Å². The highest BCUT2D eigenvalue weighted by Gasteiger charge is 2.51. The standard InChI is InChI=1S/C11H24O3Si/c1-9-7-6-8-11(10(9)2)15(12-3,13-4)14-5/h9-11H,6-8H2,1-5H3. The van der Waals surface area contributed by atoms with Crippen molar-refractivity contribution in [2.75, 3.05) is 21.3 Å². The van der Waals surface area contributed by atoms with E-state index < -0.39 is 8.80 Å². The molecule has 0 bridgehead atoms. The van der Waals surface area contributed by atoms with Crippen molar-refractivity contribution in [2.45, 2.75) is 38.7 Å². The van der Waals surface area contributed by atoms with Crippen molar-refractivity contribution in [1.29, 1.82) is 0 Å². The molecule has 4 heteroatoms. The first-order valence-electron chi connectivity index (χ1n) is 5.76. The monoisotopic (exact) mass is 232 g/mol. The van der Waals surface area contributed by atoms with Crippen LogP contribution in [0.15, 0.2) is 0 Å². The quantitative estimate of drug-likeness (QED) is 0.698. The maximum absolute atomic E-state index is 5.59. The second-order valence-electron chi connectivity index (χ2n) is 4.59. The molecule has 0 aromatic rings. The van der Waals surface area contributed by atoms with Crippen LogP contribution >= 0.6 is 0 Å². The van der Waals surface area contributed by atoms with Crippen molar-refractivity contribution in [3.63, 3.8) is 0 Å². The van der Waals surface area contributed by atoms with Gasteiger partial charge in [-0.1, -0.05) is 26.7 Å². The molecule has 0 radical (unpaired) electrons. The molecule has 90 valence electrons. The van der Waals surface area contributed by atoms with Crippen molar-refractivity contribution in [3.8, 4) is 0 Å². The van der Waals surface area contributed by atoms with Gasteiger partial charge in [0.15, 0.2) is 0 Å². The van der Waals surface area contributed by atoms with E-state index in [0.717, 1.165) is 5.92 Å². The van der Waals surface area contributed by atoms with E-state index in [2.05, 4.69) is 13.8 Å². The van der Waals surface area contributed by atoms with Crippen LogP contribution in [0.5, 0.6) is 0 Å². The topological polar surface area (TPSA) is 27.7 Å². The van der Waals surface area contributed by atoms with E-state index in [9.17, 15) is 0 Å². The maximum Gasteiger partial charge on any atom is 0.503 e.